The number of aromatic nitrogens is 1. The molecule has 7 heteroatoms. The normalized spacial score (nSPS) is 20.8. The van der Waals surface area contributed by atoms with Crippen LogP contribution < -0.4 is 4.74 Å². The van der Waals surface area contributed by atoms with Crippen LogP contribution in [0.25, 0.3) is 11.5 Å². The van der Waals surface area contributed by atoms with Crippen molar-refractivity contribution in [2.24, 2.45) is 0 Å². The number of oxazole rings is 1. The van der Waals surface area contributed by atoms with Crippen LogP contribution in [-0.2, 0) is 20.7 Å². The molecule has 168 valence electrons. The molecule has 0 unspecified atom stereocenters. The monoisotopic (exact) mass is 437 g/mol. The van der Waals surface area contributed by atoms with Gasteiger partial charge in [0.25, 0.3) is 5.79 Å². The Morgan fingerprint density at radius 1 is 1.09 bits per heavy atom. The van der Waals surface area contributed by atoms with Crippen molar-refractivity contribution in [2.75, 3.05) is 19.8 Å². The number of aryl methyl sites for hydroxylation is 2. The molecule has 1 N–H and O–H groups in total. The molecule has 0 atom stereocenters. The van der Waals surface area contributed by atoms with Crippen molar-refractivity contribution in [1.82, 2.24) is 4.98 Å². The average Bonchev–Trinajstić information content (AvgIpc) is 3.16. The maximum absolute atomic E-state index is 11.2. The second-order valence-corrected chi connectivity index (χ2v) is 8.13. The van der Waals surface area contributed by atoms with Crippen LogP contribution in [0, 0.1) is 13.8 Å². The molecule has 1 fully saturated rings. The molecule has 2 aromatic carbocycles. The van der Waals surface area contributed by atoms with E-state index in [2.05, 4.69) is 4.98 Å². The van der Waals surface area contributed by atoms with Gasteiger partial charge in [-0.15, -0.1) is 0 Å². The van der Waals surface area contributed by atoms with Gasteiger partial charge in [-0.2, -0.15) is 0 Å². The smallest absolute Gasteiger partial charge is 0.364 e. The van der Waals surface area contributed by atoms with Crippen LogP contribution >= 0.6 is 0 Å². The number of rotatable bonds is 7. The van der Waals surface area contributed by atoms with Gasteiger partial charge < -0.3 is 23.7 Å². The number of ether oxygens (including phenoxy) is 3. The highest BCUT2D eigenvalue weighted by Gasteiger charge is 2.40. The SMILES string of the molecule is Cc1ccc(-c2nc(CCOc3ccc(C4COC(C)(C(=O)O)OC4)cc3)c(C)o2)cc1. The van der Waals surface area contributed by atoms with E-state index in [9.17, 15) is 4.79 Å². The standard InChI is InChI=1S/C25H27NO6/c1-16-4-6-19(7-5-16)23-26-22(17(2)32-23)12-13-29-21-10-8-18(9-11-21)20-14-30-25(3,24(27)28)31-15-20/h4-11,20H,12-15H2,1-3H3,(H,27,28). The second-order valence-electron chi connectivity index (χ2n) is 8.13. The van der Waals surface area contributed by atoms with Gasteiger partial charge in [0.2, 0.25) is 5.89 Å². The summed E-state index contributed by atoms with van der Waals surface area (Å²) in [6.45, 7) is 6.44. The molecule has 1 aliphatic heterocycles. The number of aliphatic carboxylic acids is 1. The minimum atomic E-state index is -1.57. The van der Waals surface area contributed by atoms with Gasteiger partial charge in [0.15, 0.2) is 0 Å². The number of nitrogens with zero attached hydrogens (tertiary/aromatic N) is 1. The molecule has 7 nitrogen and oxygen atoms in total. The number of hydrogen-bond donors (Lipinski definition) is 1. The zero-order chi connectivity index (χ0) is 22.7. The summed E-state index contributed by atoms with van der Waals surface area (Å²) in [7, 11) is 0. The minimum absolute atomic E-state index is 0.0190. The summed E-state index contributed by atoms with van der Waals surface area (Å²) in [5.41, 5.74) is 4.05. The van der Waals surface area contributed by atoms with Crippen molar-refractivity contribution in [2.45, 2.75) is 38.9 Å². The Kier molecular flexibility index (Phi) is 6.30. The van der Waals surface area contributed by atoms with Crippen molar-refractivity contribution < 1.29 is 28.5 Å². The summed E-state index contributed by atoms with van der Waals surface area (Å²) < 4.78 is 22.5. The molecule has 0 spiro atoms. The van der Waals surface area contributed by atoms with E-state index in [1.807, 2.05) is 62.4 Å². The van der Waals surface area contributed by atoms with Crippen LogP contribution in [0.3, 0.4) is 0 Å². The Bertz CT molecular complexity index is 1060. The molecule has 0 saturated carbocycles. The summed E-state index contributed by atoms with van der Waals surface area (Å²) >= 11 is 0. The minimum Gasteiger partial charge on any atom is -0.493 e. The van der Waals surface area contributed by atoms with Crippen LogP contribution in [0.2, 0.25) is 0 Å². The lowest BCUT2D eigenvalue weighted by atomic mass is 9.99. The first-order valence-electron chi connectivity index (χ1n) is 10.6. The third-order valence-electron chi connectivity index (χ3n) is 5.66. The third-order valence-corrected chi connectivity index (χ3v) is 5.66. The van der Waals surface area contributed by atoms with Crippen LogP contribution in [0.1, 0.15) is 35.4 Å². The predicted molar refractivity (Wildman–Crippen MR) is 118 cm³/mol. The Labute approximate surface area is 186 Å². The zero-order valence-corrected chi connectivity index (χ0v) is 18.5. The highest BCUT2D eigenvalue weighted by molar-refractivity contribution is 5.75. The van der Waals surface area contributed by atoms with E-state index in [-0.39, 0.29) is 19.1 Å². The van der Waals surface area contributed by atoms with E-state index >= 15 is 0 Å². The topological polar surface area (TPSA) is 91.0 Å². The molecular formula is C25H27NO6. The van der Waals surface area contributed by atoms with Crippen LogP contribution in [0.4, 0.5) is 0 Å². The van der Waals surface area contributed by atoms with Gasteiger partial charge in [0.05, 0.1) is 25.5 Å². The summed E-state index contributed by atoms with van der Waals surface area (Å²) in [4.78, 5) is 15.8. The highest BCUT2D eigenvalue weighted by Crippen LogP contribution is 2.29. The number of hydrogen-bond acceptors (Lipinski definition) is 6. The molecule has 0 amide bonds. The predicted octanol–water partition coefficient (Wildman–Crippen LogP) is 4.51. The third kappa shape index (κ3) is 4.84. The molecule has 3 aromatic rings. The first-order valence-corrected chi connectivity index (χ1v) is 10.6. The Morgan fingerprint density at radius 3 is 2.38 bits per heavy atom. The van der Waals surface area contributed by atoms with E-state index in [0.717, 1.165) is 28.3 Å². The first kappa shape index (κ1) is 22.0. The number of carboxylic acids is 1. The Morgan fingerprint density at radius 2 is 1.75 bits per heavy atom. The van der Waals surface area contributed by atoms with Crippen molar-refractivity contribution in [1.29, 1.82) is 0 Å². The lowest BCUT2D eigenvalue weighted by molar-refractivity contribution is -0.262. The first-order chi connectivity index (χ1) is 15.3. The van der Waals surface area contributed by atoms with Crippen LogP contribution in [-0.4, -0.2) is 41.7 Å². The van der Waals surface area contributed by atoms with Gasteiger partial charge in [-0.1, -0.05) is 29.8 Å². The summed E-state index contributed by atoms with van der Waals surface area (Å²) in [5, 5.41) is 9.16. The quantitative estimate of drug-likeness (QED) is 0.581. The maximum atomic E-state index is 11.2. The molecule has 0 radical (unpaired) electrons. The Hall–Kier alpha value is -3.16. The number of benzene rings is 2. The van der Waals surface area contributed by atoms with Crippen LogP contribution in [0.5, 0.6) is 5.75 Å². The molecule has 1 aromatic heterocycles. The van der Waals surface area contributed by atoms with E-state index < -0.39 is 11.8 Å². The molecule has 2 heterocycles. The molecule has 4 rings (SSSR count). The Balaban J connectivity index is 1.30. The fourth-order valence-electron chi connectivity index (χ4n) is 3.51. The van der Waals surface area contributed by atoms with Crippen molar-refractivity contribution in [3.05, 3.63) is 71.1 Å². The van der Waals surface area contributed by atoms with Gasteiger partial charge in [-0.25, -0.2) is 9.78 Å². The number of carbonyl (C=O) groups is 1. The van der Waals surface area contributed by atoms with E-state index in [4.69, 9.17) is 23.7 Å². The van der Waals surface area contributed by atoms with Crippen molar-refractivity contribution >= 4 is 5.97 Å². The largest absolute Gasteiger partial charge is 0.493 e. The van der Waals surface area contributed by atoms with Crippen molar-refractivity contribution in [3.63, 3.8) is 0 Å². The highest BCUT2D eigenvalue weighted by atomic mass is 16.7. The lowest BCUT2D eigenvalue weighted by Gasteiger charge is -2.34. The zero-order valence-electron chi connectivity index (χ0n) is 18.5. The van der Waals surface area contributed by atoms with Gasteiger partial charge in [-0.3, -0.25) is 0 Å². The van der Waals surface area contributed by atoms with E-state index in [1.165, 1.54) is 12.5 Å². The van der Waals surface area contributed by atoms with Gasteiger partial charge in [0, 0.05) is 24.8 Å². The fourth-order valence-corrected chi connectivity index (χ4v) is 3.51. The number of carboxylic acid groups (broad SMARTS) is 1. The van der Waals surface area contributed by atoms with Gasteiger partial charge in [0.1, 0.15) is 11.5 Å². The summed E-state index contributed by atoms with van der Waals surface area (Å²) in [6, 6.07) is 15.8. The lowest BCUT2D eigenvalue weighted by Crippen LogP contribution is -2.47. The molecule has 0 aliphatic carbocycles. The molecule has 1 aliphatic rings. The molecule has 1 saturated heterocycles. The van der Waals surface area contributed by atoms with Gasteiger partial charge in [-0.05, 0) is 43.7 Å². The summed E-state index contributed by atoms with van der Waals surface area (Å²) in [5.74, 6) is -0.537. The van der Waals surface area contributed by atoms with E-state index in [0.29, 0.717) is 18.9 Å². The van der Waals surface area contributed by atoms with Crippen LogP contribution in [0.15, 0.2) is 52.9 Å². The molecular weight excluding hydrogens is 410 g/mol. The fraction of sp³-hybridized carbons (Fsp3) is 0.360. The average molecular weight is 437 g/mol. The second kappa shape index (κ2) is 9.14. The maximum Gasteiger partial charge on any atom is 0.364 e. The molecule has 0 bridgehead atoms. The molecule has 32 heavy (non-hydrogen) atoms. The van der Waals surface area contributed by atoms with Crippen molar-refractivity contribution in [3.8, 4) is 17.2 Å². The summed E-state index contributed by atoms with van der Waals surface area (Å²) in [6.07, 6.45) is 0.640. The van der Waals surface area contributed by atoms with E-state index in [1.54, 1.807) is 0 Å². The van der Waals surface area contributed by atoms with Gasteiger partial charge >= 0.3 is 5.97 Å².